The van der Waals surface area contributed by atoms with Crippen LogP contribution in [0, 0.1) is 11.3 Å². The molecule has 110 valence electrons. The zero-order valence-corrected chi connectivity index (χ0v) is 12.5. The third-order valence-corrected chi connectivity index (χ3v) is 3.66. The monoisotopic (exact) mass is 365 g/mol. The standard InChI is InChI=1S/C15H7BrF3N3/c16-10-2-3-11(8(5-10)7-20)14-21-12-4-1-9(15(17,18)19)6-13(12)22-14/h1-6H,(H,21,22). The van der Waals surface area contributed by atoms with Gasteiger partial charge in [0.1, 0.15) is 5.82 Å². The van der Waals surface area contributed by atoms with Crippen LogP contribution in [0.4, 0.5) is 13.2 Å². The van der Waals surface area contributed by atoms with E-state index >= 15 is 0 Å². The van der Waals surface area contributed by atoms with Crippen molar-refractivity contribution in [2.45, 2.75) is 6.18 Å². The number of hydrogen-bond donors (Lipinski definition) is 1. The van der Waals surface area contributed by atoms with E-state index in [1.807, 2.05) is 6.07 Å². The van der Waals surface area contributed by atoms with Crippen LogP contribution in [0.3, 0.4) is 0 Å². The lowest BCUT2D eigenvalue weighted by atomic mass is 10.1. The molecule has 3 nitrogen and oxygen atoms in total. The van der Waals surface area contributed by atoms with E-state index in [1.54, 1.807) is 18.2 Å². The maximum Gasteiger partial charge on any atom is 0.416 e. The van der Waals surface area contributed by atoms with Gasteiger partial charge in [0.15, 0.2) is 0 Å². The number of H-pyrrole nitrogens is 1. The fraction of sp³-hybridized carbons (Fsp3) is 0.0667. The number of aromatic amines is 1. The summed E-state index contributed by atoms with van der Waals surface area (Å²) in [6, 6.07) is 10.4. The smallest absolute Gasteiger partial charge is 0.338 e. The van der Waals surface area contributed by atoms with Gasteiger partial charge < -0.3 is 4.98 Å². The van der Waals surface area contributed by atoms with E-state index in [4.69, 9.17) is 5.26 Å². The molecule has 2 aromatic carbocycles. The molecule has 0 radical (unpaired) electrons. The molecule has 0 saturated carbocycles. The first kappa shape index (κ1) is 14.6. The summed E-state index contributed by atoms with van der Waals surface area (Å²) in [6.45, 7) is 0. The number of nitrogens with zero attached hydrogens (tertiary/aromatic N) is 2. The highest BCUT2D eigenvalue weighted by atomic mass is 79.9. The molecule has 1 aromatic heterocycles. The number of alkyl halides is 3. The van der Waals surface area contributed by atoms with Crippen LogP contribution in [0.25, 0.3) is 22.4 Å². The van der Waals surface area contributed by atoms with Crippen molar-refractivity contribution in [3.8, 4) is 17.5 Å². The first-order valence-electron chi connectivity index (χ1n) is 6.15. The molecular weight excluding hydrogens is 359 g/mol. The Morgan fingerprint density at radius 2 is 1.91 bits per heavy atom. The van der Waals surface area contributed by atoms with Crippen LogP contribution in [0.15, 0.2) is 40.9 Å². The zero-order valence-electron chi connectivity index (χ0n) is 10.9. The number of halogens is 4. The molecule has 0 aliphatic rings. The van der Waals surface area contributed by atoms with Gasteiger partial charge in [-0.25, -0.2) is 4.98 Å². The Labute approximate surface area is 131 Å². The highest BCUT2D eigenvalue weighted by Gasteiger charge is 2.30. The molecule has 1 heterocycles. The molecule has 0 amide bonds. The molecule has 0 aliphatic heterocycles. The Bertz CT molecular complexity index is 907. The van der Waals surface area contributed by atoms with Crippen LogP contribution in [0.1, 0.15) is 11.1 Å². The van der Waals surface area contributed by atoms with E-state index in [2.05, 4.69) is 25.9 Å². The molecule has 0 saturated heterocycles. The van der Waals surface area contributed by atoms with E-state index in [1.165, 1.54) is 6.07 Å². The molecule has 7 heteroatoms. The lowest BCUT2D eigenvalue weighted by Gasteiger charge is -2.05. The minimum atomic E-state index is -4.41. The number of fused-ring (bicyclic) bond motifs is 1. The maximum atomic E-state index is 12.7. The topological polar surface area (TPSA) is 52.5 Å². The van der Waals surface area contributed by atoms with Crippen LogP contribution in [0.2, 0.25) is 0 Å². The van der Waals surface area contributed by atoms with E-state index in [0.29, 0.717) is 22.5 Å². The first-order chi connectivity index (χ1) is 10.4. The molecule has 1 N–H and O–H groups in total. The Balaban J connectivity index is 2.16. The van der Waals surface area contributed by atoms with Gasteiger partial charge in [0.2, 0.25) is 0 Å². The van der Waals surface area contributed by atoms with Crippen molar-refractivity contribution in [3.05, 3.63) is 52.0 Å². The summed E-state index contributed by atoms with van der Waals surface area (Å²) >= 11 is 3.27. The van der Waals surface area contributed by atoms with Crippen molar-refractivity contribution in [2.75, 3.05) is 0 Å². The van der Waals surface area contributed by atoms with Crippen LogP contribution < -0.4 is 0 Å². The van der Waals surface area contributed by atoms with Crippen LogP contribution >= 0.6 is 15.9 Å². The summed E-state index contributed by atoms with van der Waals surface area (Å²) in [5.74, 6) is 0.360. The van der Waals surface area contributed by atoms with Crippen molar-refractivity contribution >= 4 is 27.0 Å². The largest absolute Gasteiger partial charge is 0.416 e. The molecule has 0 atom stereocenters. The predicted octanol–water partition coefficient (Wildman–Crippen LogP) is 4.88. The minimum absolute atomic E-state index is 0.275. The van der Waals surface area contributed by atoms with Crippen LogP contribution in [-0.4, -0.2) is 9.97 Å². The van der Waals surface area contributed by atoms with Crippen molar-refractivity contribution < 1.29 is 13.2 Å². The third kappa shape index (κ3) is 2.57. The number of benzene rings is 2. The number of hydrogen-bond acceptors (Lipinski definition) is 2. The second-order valence-electron chi connectivity index (χ2n) is 4.62. The Morgan fingerprint density at radius 3 is 2.59 bits per heavy atom. The van der Waals surface area contributed by atoms with Gasteiger partial charge in [-0.2, -0.15) is 18.4 Å². The van der Waals surface area contributed by atoms with Gasteiger partial charge in [-0.1, -0.05) is 15.9 Å². The highest BCUT2D eigenvalue weighted by molar-refractivity contribution is 9.10. The molecule has 22 heavy (non-hydrogen) atoms. The van der Waals surface area contributed by atoms with Crippen LogP contribution in [0.5, 0.6) is 0 Å². The molecule has 3 rings (SSSR count). The fourth-order valence-corrected chi connectivity index (χ4v) is 2.49. The van der Waals surface area contributed by atoms with E-state index in [0.717, 1.165) is 16.6 Å². The summed E-state index contributed by atoms with van der Waals surface area (Å²) in [5.41, 5.74) is 0.859. The van der Waals surface area contributed by atoms with Gasteiger partial charge in [-0.05, 0) is 36.4 Å². The summed E-state index contributed by atoms with van der Waals surface area (Å²) in [5, 5.41) is 9.17. The number of nitriles is 1. The molecule has 0 bridgehead atoms. The number of rotatable bonds is 1. The third-order valence-electron chi connectivity index (χ3n) is 3.17. The lowest BCUT2D eigenvalue weighted by Crippen LogP contribution is -2.04. The summed E-state index contributed by atoms with van der Waals surface area (Å²) < 4.78 is 38.9. The molecular formula is C15H7BrF3N3. The maximum absolute atomic E-state index is 12.7. The van der Waals surface area contributed by atoms with Crippen molar-refractivity contribution in [1.29, 1.82) is 5.26 Å². The molecule has 0 fully saturated rings. The average molecular weight is 366 g/mol. The van der Waals surface area contributed by atoms with Gasteiger partial charge >= 0.3 is 6.18 Å². The molecule has 3 aromatic rings. The van der Waals surface area contributed by atoms with E-state index in [9.17, 15) is 13.2 Å². The minimum Gasteiger partial charge on any atom is -0.338 e. The van der Waals surface area contributed by atoms with Gasteiger partial charge in [0.25, 0.3) is 0 Å². The van der Waals surface area contributed by atoms with Gasteiger partial charge in [-0.3, -0.25) is 0 Å². The quantitative estimate of drug-likeness (QED) is 0.667. The Morgan fingerprint density at radius 1 is 1.14 bits per heavy atom. The Kier molecular flexibility index (Phi) is 3.41. The fourth-order valence-electron chi connectivity index (χ4n) is 2.13. The second kappa shape index (κ2) is 5.14. The number of imidazole rings is 1. The summed E-state index contributed by atoms with van der Waals surface area (Å²) in [6.07, 6.45) is -4.41. The van der Waals surface area contributed by atoms with Crippen LogP contribution in [-0.2, 0) is 6.18 Å². The molecule has 0 spiro atoms. The highest BCUT2D eigenvalue weighted by Crippen LogP contribution is 2.32. The SMILES string of the molecule is N#Cc1cc(Br)ccc1-c1nc2ccc(C(F)(F)F)cc2[nH]1. The molecule has 0 unspecified atom stereocenters. The summed E-state index contributed by atoms with van der Waals surface area (Å²) in [7, 11) is 0. The van der Waals surface area contributed by atoms with Crippen molar-refractivity contribution in [1.82, 2.24) is 9.97 Å². The predicted molar refractivity (Wildman–Crippen MR) is 78.9 cm³/mol. The Hall–Kier alpha value is -2.33. The van der Waals surface area contributed by atoms with Crippen molar-refractivity contribution in [2.24, 2.45) is 0 Å². The van der Waals surface area contributed by atoms with E-state index in [-0.39, 0.29) is 5.52 Å². The first-order valence-corrected chi connectivity index (χ1v) is 6.95. The second-order valence-corrected chi connectivity index (χ2v) is 5.53. The normalized spacial score (nSPS) is 11.6. The molecule has 0 aliphatic carbocycles. The van der Waals surface area contributed by atoms with Gasteiger partial charge in [0, 0.05) is 10.0 Å². The number of nitrogens with one attached hydrogen (secondary N) is 1. The van der Waals surface area contributed by atoms with Gasteiger partial charge in [-0.15, -0.1) is 0 Å². The van der Waals surface area contributed by atoms with E-state index < -0.39 is 11.7 Å². The van der Waals surface area contributed by atoms with Crippen molar-refractivity contribution in [3.63, 3.8) is 0 Å². The number of aromatic nitrogens is 2. The summed E-state index contributed by atoms with van der Waals surface area (Å²) in [4.78, 5) is 7.10. The van der Waals surface area contributed by atoms with Gasteiger partial charge in [0.05, 0.1) is 28.2 Å². The average Bonchev–Trinajstić information content (AvgIpc) is 2.88. The lowest BCUT2D eigenvalue weighted by molar-refractivity contribution is -0.137. The zero-order chi connectivity index (χ0) is 15.9.